The molecule has 1 saturated heterocycles. The lowest BCUT2D eigenvalue weighted by atomic mass is 10.2. The van der Waals surface area contributed by atoms with Gasteiger partial charge in [0, 0.05) is 29.3 Å². The number of carbonyl (C=O) groups is 1. The number of anilines is 1. The minimum Gasteiger partial charge on any atom is -0.313 e. The van der Waals surface area contributed by atoms with Crippen molar-refractivity contribution in [3.63, 3.8) is 0 Å². The molecular formula is C15H21BrN4O. The summed E-state index contributed by atoms with van der Waals surface area (Å²) in [4.78, 5) is 18.7. The van der Waals surface area contributed by atoms with Gasteiger partial charge in [-0.2, -0.15) is 0 Å². The van der Waals surface area contributed by atoms with Gasteiger partial charge in [-0.25, -0.2) is 4.98 Å². The minimum atomic E-state index is 0.0229. The largest absolute Gasteiger partial charge is 0.313 e. The molecule has 1 aliphatic heterocycles. The van der Waals surface area contributed by atoms with Gasteiger partial charge in [0.25, 0.3) is 0 Å². The number of carbonyl (C=O) groups excluding carboxylic acids is 1. The predicted octanol–water partition coefficient (Wildman–Crippen LogP) is 2.00. The molecule has 1 aromatic rings. The average molecular weight is 353 g/mol. The highest BCUT2D eigenvalue weighted by atomic mass is 79.9. The fraction of sp³-hybridized carbons (Fsp3) is 0.600. The second kappa shape index (κ2) is 6.85. The van der Waals surface area contributed by atoms with E-state index in [0.717, 1.165) is 17.6 Å². The summed E-state index contributed by atoms with van der Waals surface area (Å²) in [5.41, 5.74) is 0. The zero-order chi connectivity index (χ0) is 14.7. The molecule has 3 rings (SSSR count). The molecule has 0 bridgehead atoms. The molecule has 1 aliphatic carbocycles. The number of aromatic nitrogens is 1. The van der Waals surface area contributed by atoms with Gasteiger partial charge in [-0.1, -0.05) is 0 Å². The van der Waals surface area contributed by atoms with Crippen LogP contribution in [0.3, 0.4) is 0 Å². The molecular weight excluding hydrogens is 332 g/mol. The van der Waals surface area contributed by atoms with E-state index in [9.17, 15) is 4.79 Å². The van der Waals surface area contributed by atoms with Crippen molar-refractivity contribution < 1.29 is 4.79 Å². The number of nitrogens with zero attached hydrogens (tertiary/aromatic N) is 2. The fourth-order valence-electron chi connectivity index (χ4n) is 2.79. The molecule has 21 heavy (non-hydrogen) atoms. The van der Waals surface area contributed by atoms with Crippen LogP contribution in [0.5, 0.6) is 0 Å². The number of pyridine rings is 1. The molecule has 1 amide bonds. The Hall–Kier alpha value is -0.980. The van der Waals surface area contributed by atoms with Gasteiger partial charge in [-0.15, -0.1) is 0 Å². The van der Waals surface area contributed by atoms with Gasteiger partial charge in [0.2, 0.25) is 5.91 Å². The first-order valence-electron chi connectivity index (χ1n) is 7.59. The Morgan fingerprint density at radius 2 is 2.29 bits per heavy atom. The zero-order valence-corrected chi connectivity index (χ0v) is 13.6. The first-order chi connectivity index (χ1) is 10.2. The predicted molar refractivity (Wildman–Crippen MR) is 86.2 cm³/mol. The van der Waals surface area contributed by atoms with E-state index >= 15 is 0 Å². The molecule has 6 heteroatoms. The van der Waals surface area contributed by atoms with Crippen LogP contribution in [0.25, 0.3) is 0 Å². The molecule has 0 aromatic carbocycles. The smallest absolute Gasteiger partial charge is 0.239 e. The van der Waals surface area contributed by atoms with E-state index in [-0.39, 0.29) is 5.91 Å². The van der Waals surface area contributed by atoms with E-state index in [2.05, 4.69) is 36.4 Å². The van der Waals surface area contributed by atoms with Crippen molar-refractivity contribution in [2.24, 2.45) is 0 Å². The van der Waals surface area contributed by atoms with E-state index in [0.29, 0.717) is 24.4 Å². The average Bonchev–Trinajstić information content (AvgIpc) is 3.19. The monoisotopic (exact) mass is 352 g/mol. The highest BCUT2D eigenvalue weighted by molar-refractivity contribution is 9.10. The topological polar surface area (TPSA) is 57.3 Å². The molecule has 1 atom stereocenters. The molecule has 5 nitrogen and oxygen atoms in total. The van der Waals surface area contributed by atoms with Crippen molar-refractivity contribution >= 4 is 27.7 Å². The molecule has 0 radical (unpaired) electrons. The number of amides is 1. The standard InChI is InChI=1S/C15H21BrN4O/c16-11-3-6-14(18-8-11)19-15(21)10-20(13-4-5-13)9-12-2-1-7-17-12/h3,6,8,12-13,17H,1-2,4-5,7,9-10H2,(H,18,19,21). The third-order valence-electron chi connectivity index (χ3n) is 4.02. The Bertz CT molecular complexity index is 483. The van der Waals surface area contributed by atoms with Gasteiger partial charge in [-0.05, 0) is 60.3 Å². The summed E-state index contributed by atoms with van der Waals surface area (Å²) < 4.78 is 0.910. The molecule has 2 N–H and O–H groups in total. The van der Waals surface area contributed by atoms with Crippen molar-refractivity contribution in [2.45, 2.75) is 37.8 Å². The molecule has 1 aromatic heterocycles. The Labute approximate surface area is 133 Å². The maximum Gasteiger partial charge on any atom is 0.239 e. The summed E-state index contributed by atoms with van der Waals surface area (Å²) in [5.74, 6) is 0.632. The Morgan fingerprint density at radius 3 is 2.90 bits per heavy atom. The van der Waals surface area contributed by atoms with Crippen LogP contribution >= 0.6 is 15.9 Å². The van der Waals surface area contributed by atoms with E-state index in [4.69, 9.17) is 0 Å². The quantitative estimate of drug-likeness (QED) is 0.822. The van der Waals surface area contributed by atoms with Crippen LogP contribution in [0.4, 0.5) is 5.82 Å². The fourth-order valence-corrected chi connectivity index (χ4v) is 3.03. The number of nitrogens with one attached hydrogen (secondary N) is 2. The molecule has 2 heterocycles. The van der Waals surface area contributed by atoms with Gasteiger partial charge < -0.3 is 10.6 Å². The third kappa shape index (κ3) is 4.49. The summed E-state index contributed by atoms with van der Waals surface area (Å²) in [7, 11) is 0. The molecule has 2 aliphatic rings. The number of hydrogen-bond donors (Lipinski definition) is 2. The molecule has 114 valence electrons. The van der Waals surface area contributed by atoms with Crippen molar-refractivity contribution in [1.82, 2.24) is 15.2 Å². The van der Waals surface area contributed by atoms with Crippen molar-refractivity contribution in [2.75, 3.05) is 25.0 Å². The highest BCUT2D eigenvalue weighted by Gasteiger charge is 2.32. The van der Waals surface area contributed by atoms with Gasteiger partial charge in [-0.3, -0.25) is 9.69 Å². The van der Waals surface area contributed by atoms with Crippen molar-refractivity contribution in [1.29, 1.82) is 0 Å². The maximum atomic E-state index is 12.2. The Kier molecular flexibility index (Phi) is 4.87. The normalized spacial score (nSPS) is 21.7. The van der Waals surface area contributed by atoms with Gasteiger partial charge in [0.05, 0.1) is 6.54 Å². The molecule has 0 spiro atoms. The summed E-state index contributed by atoms with van der Waals surface area (Å²) in [5, 5.41) is 6.38. The summed E-state index contributed by atoms with van der Waals surface area (Å²) in [6.07, 6.45) is 6.60. The van der Waals surface area contributed by atoms with E-state index in [1.807, 2.05) is 12.1 Å². The van der Waals surface area contributed by atoms with Crippen LogP contribution in [0, 0.1) is 0 Å². The first kappa shape index (κ1) is 14.9. The SMILES string of the molecule is O=C(CN(CC1CCCN1)C1CC1)Nc1ccc(Br)cn1. The first-order valence-corrected chi connectivity index (χ1v) is 8.39. The molecule has 1 unspecified atom stereocenters. The lowest BCUT2D eigenvalue weighted by molar-refractivity contribution is -0.117. The summed E-state index contributed by atoms with van der Waals surface area (Å²) in [6.45, 7) is 2.55. The van der Waals surface area contributed by atoms with Crippen LogP contribution in [-0.4, -0.2) is 47.5 Å². The van der Waals surface area contributed by atoms with Crippen LogP contribution in [0.1, 0.15) is 25.7 Å². The molecule has 2 fully saturated rings. The Morgan fingerprint density at radius 1 is 1.43 bits per heavy atom. The van der Waals surface area contributed by atoms with E-state index in [1.165, 1.54) is 25.7 Å². The number of halogens is 1. The van der Waals surface area contributed by atoms with Crippen LogP contribution in [0.2, 0.25) is 0 Å². The van der Waals surface area contributed by atoms with Gasteiger partial charge >= 0.3 is 0 Å². The minimum absolute atomic E-state index is 0.0229. The van der Waals surface area contributed by atoms with E-state index < -0.39 is 0 Å². The second-order valence-corrected chi connectivity index (χ2v) is 6.78. The number of hydrogen-bond acceptors (Lipinski definition) is 4. The van der Waals surface area contributed by atoms with Crippen LogP contribution in [0.15, 0.2) is 22.8 Å². The summed E-state index contributed by atoms with van der Waals surface area (Å²) in [6, 6.07) is 4.83. The van der Waals surface area contributed by atoms with Crippen LogP contribution < -0.4 is 10.6 Å². The van der Waals surface area contributed by atoms with Gasteiger partial charge in [0.1, 0.15) is 5.82 Å². The molecule has 1 saturated carbocycles. The number of rotatable bonds is 6. The van der Waals surface area contributed by atoms with Crippen molar-refractivity contribution in [3.05, 3.63) is 22.8 Å². The third-order valence-corrected chi connectivity index (χ3v) is 4.49. The highest BCUT2D eigenvalue weighted by Crippen LogP contribution is 2.27. The summed E-state index contributed by atoms with van der Waals surface area (Å²) >= 11 is 3.34. The van der Waals surface area contributed by atoms with E-state index in [1.54, 1.807) is 6.20 Å². The zero-order valence-electron chi connectivity index (χ0n) is 12.0. The van der Waals surface area contributed by atoms with Crippen molar-refractivity contribution in [3.8, 4) is 0 Å². The lowest BCUT2D eigenvalue weighted by Crippen LogP contribution is -2.42. The van der Waals surface area contributed by atoms with Gasteiger partial charge in [0.15, 0.2) is 0 Å². The second-order valence-electron chi connectivity index (χ2n) is 5.86. The Balaban J connectivity index is 1.52. The van der Waals surface area contributed by atoms with Crippen LogP contribution in [-0.2, 0) is 4.79 Å². The lowest BCUT2D eigenvalue weighted by Gasteiger charge is -2.24. The maximum absolute atomic E-state index is 12.2.